The first kappa shape index (κ1) is 11.5. The van der Waals surface area contributed by atoms with E-state index in [1.54, 1.807) is 6.33 Å². The van der Waals surface area contributed by atoms with Crippen LogP contribution in [-0.2, 0) is 13.1 Å². The van der Waals surface area contributed by atoms with Gasteiger partial charge in [0.2, 0.25) is 0 Å². The third-order valence-electron chi connectivity index (χ3n) is 3.32. The molecular weight excluding hydrogens is 204 g/mol. The Labute approximate surface area is 96.1 Å². The van der Waals surface area contributed by atoms with Crippen LogP contribution in [0.2, 0.25) is 0 Å². The van der Waals surface area contributed by atoms with E-state index in [0.29, 0.717) is 6.04 Å². The van der Waals surface area contributed by atoms with Gasteiger partial charge in [-0.25, -0.2) is 9.67 Å². The average molecular weight is 224 g/mol. The summed E-state index contributed by atoms with van der Waals surface area (Å²) < 4.78 is 1.92. The molecule has 1 aliphatic carbocycles. The van der Waals surface area contributed by atoms with Gasteiger partial charge in [0, 0.05) is 19.1 Å². The fourth-order valence-corrected chi connectivity index (χ4v) is 2.13. The summed E-state index contributed by atoms with van der Waals surface area (Å²) in [6.07, 6.45) is 5.42. The number of aryl methyl sites for hydroxylation is 1. The Kier molecular flexibility index (Phi) is 3.90. The smallest absolute Gasteiger partial charge is 0.141 e. The van der Waals surface area contributed by atoms with Crippen LogP contribution in [0.4, 0.5) is 0 Å². The van der Waals surface area contributed by atoms with Crippen molar-refractivity contribution in [1.82, 2.24) is 19.7 Å². The molecule has 16 heavy (non-hydrogen) atoms. The number of hydrogen-bond donors (Lipinski definition) is 1. The molecule has 0 aromatic carbocycles. The Morgan fingerprint density at radius 3 is 2.94 bits per heavy atom. The molecule has 0 aliphatic heterocycles. The highest BCUT2D eigenvalue weighted by molar-refractivity contribution is 4.88. The molecule has 1 saturated carbocycles. The Morgan fingerprint density at radius 2 is 2.38 bits per heavy atom. The van der Waals surface area contributed by atoms with Gasteiger partial charge in [0.05, 0.1) is 13.2 Å². The highest BCUT2D eigenvalue weighted by atomic mass is 16.3. The number of hydrogen-bond acceptors (Lipinski definition) is 4. The summed E-state index contributed by atoms with van der Waals surface area (Å²) >= 11 is 0. The summed E-state index contributed by atoms with van der Waals surface area (Å²) in [6, 6.07) is 0.633. The van der Waals surface area contributed by atoms with Crippen LogP contribution in [0.5, 0.6) is 0 Å². The van der Waals surface area contributed by atoms with Crippen LogP contribution < -0.4 is 0 Å². The van der Waals surface area contributed by atoms with Gasteiger partial charge in [-0.05, 0) is 19.8 Å². The largest absolute Gasteiger partial charge is 0.395 e. The monoisotopic (exact) mass is 224 g/mol. The highest BCUT2D eigenvalue weighted by Gasteiger charge is 2.25. The van der Waals surface area contributed by atoms with Crippen LogP contribution in [0.3, 0.4) is 0 Å². The number of aliphatic hydroxyl groups excluding tert-OH is 1. The molecule has 90 valence electrons. The molecule has 1 aromatic heterocycles. The third-order valence-corrected chi connectivity index (χ3v) is 3.32. The van der Waals surface area contributed by atoms with Gasteiger partial charge in [-0.1, -0.05) is 6.42 Å². The quantitative estimate of drug-likeness (QED) is 0.770. The maximum Gasteiger partial charge on any atom is 0.141 e. The zero-order valence-corrected chi connectivity index (χ0v) is 9.84. The Balaban J connectivity index is 1.98. The molecule has 5 heteroatoms. The molecule has 1 heterocycles. The maximum absolute atomic E-state index is 9.08. The minimum absolute atomic E-state index is 0.219. The molecule has 1 fully saturated rings. The Hall–Kier alpha value is -0.940. The molecule has 1 N–H and O–H groups in total. The molecule has 0 unspecified atom stereocenters. The van der Waals surface area contributed by atoms with Crippen LogP contribution in [0.25, 0.3) is 0 Å². The highest BCUT2D eigenvalue weighted by Crippen LogP contribution is 2.25. The van der Waals surface area contributed by atoms with Crippen molar-refractivity contribution in [2.45, 2.75) is 45.3 Å². The molecule has 1 aliphatic rings. The second-order valence-corrected chi connectivity index (χ2v) is 4.27. The van der Waals surface area contributed by atoms with Crippen LogP contribution >= 0.6 is 0 Å². The summed E-state index contributed by atoms with van der Waals surface area (Å²) in [5.74, 6) is 1.00. The topological polar surface area (TPSA) is 54.2 Å². The first-order chi connectivity index (χ1) is 7.85. The molecule has 0 bridgehead atoms. The van der Waals surface area contributed by atoms with E-state index in [1.165, 1.54) is 19.3 Å². The van der Waals surface area contributed by atoms with Crippen molar-refractivity contribution in [1.29, 1.82) is 0 Å². The van der Waals surface area contributed by atoms with E-state index in [4.69, 9.17) is 5.11 Å². The van der Waals surface area contributed by atoms with Gasteiger partial charge in [0.1, 0.15) is 12.2 Å². The lowest BCUT2D eigenvalue weighted by Crippen LogP contribution is -2.41. The van der Waals surface area contributed by atoms with Crippen molar-refractivity contribution in [3.8, 4) is 0 Å². The van der Waals surface area contributed by atoms with Crippen LogP contribution in [0, 0.1) is 0 Å². The van der Waals surface area contributed by atoms with Crippen molar-refractivity contribution in [2.75, 3.05) is 13.2 Å². The zero-order chi connectivity index (χ0) is 11.4. The van der Waals surface area contributed by atoms with Crippen molar-refractivity contribution in [2.24, 2.45) is 0 Å². The van der Waals surface area contributed by atoms with Gasteiger partial charge in [0.15, 0.2) is 0 Å². The predicted octanol–water partition coefficient (Wildman–Crippen LogP) is 0.645. The van der Waals surface area contributed by atoms with Gasteiger partial charge in [-0.2, -0.15) is 5.10 Å². The van der Waals surface area contributed by atoms with Crippen molar-refractivity contribution >= 4 is 0 Å². The summed E-state index contributed by atoms with van der Waals surface area (Å²) in [5, 5.41) is 13.2. The summed E-state index contributed by atoms with van der Waals surface area (Å²) in [5.41, 5.74) is 0. The second kappa shape index (κ2) is 5.41. The molecule has 0 saturated heterocycles. The minimum atomic E-state index is 0.219. The van der Waals surface area contributed by atoms with E-state index in [9.17, 15) is 0 Å². The van der Waals surface area contributed by atoms with E-state index in [2.05, 4.69) is 21.9 Å². The minimum Gasteiger partial charge on any atom is -0.395 e. The fourth-order valence-electron chi connectivity index (χ4n) is 2.13. The predicted molar refractivity (Wildman–Crippen MR) is 60.8 cm³/mol. The van der Waals surface area contributed by atoms with E-state index in [1.807, 2.05) is 4.68 Å². The fraction of sp³-hybridized carbons (Fsp3) is 0.818. The normalized spacial score (nSPS) is 16.7. The van der Waals surface area contributed by atoms with Crippen LogP contribution in [0.1, 0.15) is 32.0 Å². The van der Waals surface area contributed by atoms with Gasteiger partial charge < -0.3 is 5.11 Å². The van der Waals surface area contributed by atoms with Gasteiger partial charge in [0.25, 0.3) is 0 Å². The number of aromatic nitrogens is 3. The first-order valence-electron chi connectivity index (χ1n) is 6.06. The summed E-state index contributed by atoms with van der Waals surface area (Å²) in [7, 11) is 0. The molecule has 0 spiro atoms. The number of nitrogens with zero attached hydrogens (tertiary/aromatic N) is 4. The van der Waals surface area contributed by atoms with E-state index >= 15 is 0 Å². The third kappa shape index (κ3) is 2.41. The van der Waals surface area contributed by atoms with Crippen LogP contribution in [-0.4, -0.2) is 44.0 Å². The summed E-state index contributed by atoms with van der Waals surface area (Å²) in [4.78, 5) is 6.60. The molecule has 2 rings (SSSR count). The number of rotatable bonds is 6. The lowest BCUT2D eigenvalue weighted by Gasteiger charge is -2.36. The molecule has 0 atom stereocenters. The molecule has 0 amide bonds. The second-order valence-electron chi connectivity index (χ2n) is 4.27. The first-order valence-corrected chi connectivity index (χ1v) is 6.06. The van der Waals surface area contributed by atoms with Crippen molar-refractivity contribution in [3.63, 3.8) is 0 Å². The maximum atomic E-state index is 9.08. The molecule has 1 aromatic rings. The standard InChI is InChI=1S/C11H20N4O/c1-2-15-11(12-9-13-15)8-14(6-7-16)10-4-3-5-10/h9-10,16H,2-8H2,1H3. The molecule has 5 nitrogen and oxygen atoms in total. The Bertz CT molecular complexity index is 322. The van der Waals surface area contributed by atoms with Gasteiger partial charge in [-0.3, -0.25) is 4.90 Å². The van der Waals surface area contributed by atoms with Crippen molar-refractivity contribution in [3.05, 3.63) is 12.2 Å². The van der Waals surface area contributed by atoms with Crippen LogP contribution in [0.15, 0.2) is 6.33 Å². The SMILES string of the molecule is CCn1ncnc1CN(CCO)C1CCC1. The van der Waals surface area contributed by atoms with E-state index < -0.39 is 0 Å². The van der Waals surface area contributed by atoms with Gasteiger partial charge in [-0.15, -0.1) is 0 Å². The lowest BCUT2D eigenvalue weighted by molar-refractivity contribution is 0.0906. The lowest BCUT2D eigenvalue weighted by atomic mass is 9.91. The van der Waals surface area contributed by atoms with E-state index in [-0.39, 0.29) is 6.61 Å². The molecular formula is C11H20N4O. The van der Waals surface area contributed by atoms with Gasteiger partial charge >= 0.3 is 0 Å². The Morgan fingerprint density at radius 1 is 1.56 bits per heavy atom. The zero-order valence-electron chi connectivity index (χ0n) is 9.84. The number of aliphatic hydroxyl groups is 1. The van der Waals surface area contributed by atoms with Crippen molar-refractivity contribution < 1.29 is 5.11 Å². The van der Waals surface area contributed by atoms with E-state index in [0.717, 1.165) is 25.5 Å². The summed E-state index contributed by atoms with van der Waals surface area (Å²) in [6.45, 7) is 4.68. The molecule has 0 radical (unpaired) electrons. The average Bonchev–Trinajstić information content (AvgIpc) is 2.63.